The quantitative estimate of drug-likeness (QED) is 0.323. The minimum absolute atomic E-state index is 0.0206. The minimum Gasteiger partial charge on any atom is -0.462 e. The highest BCUT2D eigenvalue weighted by Gasteiger charge is 2.82. The van der Waals surface area contributed by atoms with E-state index in [-0.39, 0.29) is 41.0 Å². The van der Waals surface area contributed by atoms with Crippen LogP contribution in [-0.4, -0.2) is 58.5 Å². The van der Waals surface area contributed by atoms with Crippen LogP contribution in [-0.2, 0) is 28.2 Å². The number of nitrogens with one attached hydrogen (secondary N) is 1. The highest BCUT2D eigenvalue weighted by atomic mass is 28.4. The van der Waals surface area contributed by atoms with Crippen LogP contribution < -0.4 is 5.32 Å². The molecule has 1 amide bonds. The van der Waals surface area contributed by atoms with Crippen LogP contribution in [0.15, 0.2) is 0 Å². The molecule has 1 unspecified atom stereocenters. The summed E-state index contributed by atoms with van der Waals surface area (Å²) in [4.78, 5) is 22.8. The fourth-order valence-electron chi connectivity index (χ4n) is 6.23. The Morgan fingerprint density at radius 3 is 2.77 bits per heavy atom. The molecule has 0 radical (unpaired) electrons. The third kappa shape index (κ3) is 2.49. The molecule has 1 N–H and O–H groups in total. The third-order valence-corrected chi connectivity index (χ3v) is 7.54. The van der Waals surface area contributed by atoms with Crippen molar-refractivity contribution in [2.24, 2.45) is 16.7 Å². The van der Waals surface area contributed by atoms with E-state index >= 15 is 0 Å². The predicted molar refractivity (Wildman–Crippen MR) is 94.7 cm³/mol. The van der Waals surface area contributed by atoms with E-state index in [4.69, 9.17) is 18.6 Å². The summed E-state index contributed by atoms with van der Waals surface area (Å²) in [7, 11) is -1.89. The molecule has 2 saturated carbocycles. The lowest BCUT2D eigenvalue weighted by atomic mass is 9.39. The van der Waals surface area contributed by atoms with E-state index < -0.39 is 14.5 Å². The summed E-state index contributed by atoms with van der Waals surface area (Å²) in [6.45, 7) is 9.03. The van der Waals surface area contributed by atoms with Crippen LogP contribution >= 0.6 is 0 Å². The maximum Gasteiger partial charge on any atom is 0.302 e. The molecule has 2 aliphatic carbocycles. The Hall–Kier alpha value is -0.963. The number of hydrogen-bond donors (Lipinski definition) is 1. The fourth-order valence-corrected chi connectivity index (χ4v) is 7.22. The maximum absolute atomic E-state index is 11.5. The standard InChI is InChI=1S/C18H29NO6Si/c1-11(21)24-12-7-13-14-17(8-12)5-6-22-15(17)18(14,9-23-13)16(19-10-20)25-26(2,3)4/h10,12-16H,5-9H2,1-4H3,(H,19,20)/t12-,13-,14-,15-,16?,17+,18+/m0/s1. The summed E-state index contributed by atoms with van der Waals surface area (Å²) in [6, 6.07) is 0. The van der Waals surface area contributed by atoms with Gasteiger partial charge < -0.3 is 24.0 Å². The molecule has 8 heteroatoms. The minimum atomic E-state index is -1.89. The van der Waals surface area contributed by atoms with Crippen LogP contribution in [0.3, 0.4) is 0 Å². The van der Waals surface area contributed by atoms with Gasteiger partial charge in [-0.3, -0.25) is 9.59 Å². The van der Waals surface area contributed by atoms with E-state index in [1.165, 1.54) is 6.92 Å². The van der Waals surface area contributed by atoms with E-state index in [1.54, 1.807) is 0 Å². The van der Waals surface area contributed by atoms with E-state index in [9.17, 15) is 9.59 Å². The Balaban J connectivity index is 1.66. The van der Waals surface area contributed by atoms with Gasteiger partial charge in [0.25, 0.3) is 0 Å². The Kier molecular flexibility index (Phi) is 4.26. The Morgan fingerprint density at radius 1 is 1.35 bits per heavy atom. The molecule has 4 rings (SSSR count). The van der Waals surface area contributed by atoms with Gasteiger partial charge in [0, 0.05) is 31.3 Å². The molecule has 2 saturated heterocycles. The lowest BCUT2D eigenvalue weighted by molar-refractivity contribution is -0.265. The van der Waals surface area contributed by atoms with Crippen molar-refractivity contribution in [3.63, 3.8) is 0 Å². The first-order chi connectivity index (χ1) is 12.2. The number of rotatable bonds is 6. The summed E-state index contributed by atoms with van der Waals surface area (Å²) >= 11 is 0. The molecule has 7 atom stereocenters. The average Bonchev–Trinajstić information content (AvgIpc) is 3.02. The maximum atomic E-state index is 11.5. The molecule has 7 nitrogen and oxygen atoms in total. The van der Waals surface area contributed by atoms with Gasteiger partial charge >= 0.3 is 5.97 Å². The molecule has 4 fully saturated rings. The van der Waals surface area contributed by atoms with Crippen LogP contribution in [0.4, 0.5) is 0 Å². The summed E-state index contributed by atoms with van der Waals surface area (Å²) in [5.74, 6) is 0.0228. The first kappa shape index (κ1) is 18.4. The fraction of sp³-hybridized carbons (Fsp3) is 0.889. The van der Waals surface area contributed by atoms with Crippen molar-refractivity contribution in [3.05, 3.63) is 0 Å². The molecule has 4 aliphatic rings. The van der Waals surface area contributed by atoms with Crippen molar-refractivity contribution in [2.45, 2.75) is 70.4 Å². The zero-order valence-corrected chi connectivity index (χ0v) is 16.9. The number of ether oxygens (including phenoxy) is 3. The number of fused-ring (bicyclic) bond motifs is 1. The molecule has 26 heavy (non-hydrogen) atoms. The van der Waals surface area contributed by atoms with Crippen LogP contribution in [0.25, 0.3) is 0 Å². The van der Waals surface area contributed by atoms with E-state index in [0.717, 1.165) is 19.3 Å². The van der Waals surface area contributed by atoms with Gasteiger partial charge in [0.05, 0.1) is 24.2 Å². The molecule has 146 valence electrons. The molecular weight excluding hydrogens is 354 g/mol. The molecule has 0 aromatic rings. The van der Waals surface area contributed by atoms with Gasteiger partial charge in [-0.15, -0.1) is 0 Å². The SMILES string of the molecule is CC(=O)O[C@H]1C[C@@H]2OC[C@]3(C(NC=O)O[Si](C)(C)C)[C@H]4OCC[C@@]4(C1)[C@H]23. The van der Waals surface area contributed by atoms with Gasteiger partial charge in [-0.2, -0.15) is 0 Å². The highest BCUT2D eigenvalue weighted by Crippen LogP contribution is 2.74. The second-order valence-corrected chi connectivity index (χ2v) is 13.7. The van der Waals surface area contributed by atoms with Crippen LogP contribution in [0, 0.1) is 16.7 Å². The van der Waals surface area contributed by atoms with Crippen LogP contribution in [0.2, 0.25) is 19.6 Å². The molecule has 0 aromatic carbocycles. The number of amides is 1. The normalized spacial score (nSPS) is 44.5. The zero-order valence-electron chi connectivity index (χ0n) is 15.9. The first-order valence-electron chi connectivity index (χ1n) is 9.51. The largest absolute Gasteiger partial charge is 0.462 e. The van der Waals surface area contributed by atoms with Crippen molar-refractivity contribution in [3.8, 4) is 0 Å². The third-order valence-electron chi connectivity index (χ3n) is 6.59. The van der Waals surface area contributed by atoms with Gasteiger partial charge in [0.15, 0.2) is 8.32 Å². The van der Waals surface area contributed by atoms with Gasteiger partial charge in [-0.1, -0.05) is 0 Å². The second-order valence-electron chi connectivity index (χ2n) is 9.24. The van der Waals surface area contributed by atoms with Crippen molar-refractivity contribution in [1.82, 2.24) is 5.32 Å². The van der Waals surface area contributed by atoms with Gasteiger partial charge in [0.2, 0.25) is 6.41 Å². The van der Waals surface area contributed by atoms with Crippen LogP contribution in [0.5, 0.6) is 0 Å². The molecule has 1 spiro atoms. The lowest BCUT2D eigenvalue weighted by Gasteiger charge is -2.67. The van der Waals surface area contributed by atoms with E-state index in [0.29, 0.717) is 19.6 Å². The number of esters is 1. The molecule has 2 aliphatic heterocycles. The van der Waals surface area contributed by atoms with E-state index in [1.807, 2.05) is 0 Å². The van der Waals surface area contributed by atoms with Crippen molar-refractivity contribution in [2.75, 3.05) is 13.2 Å². The predicted octanol–water partition coefficient (Wildman–Crippen LogP) is 1.43. The van der Waals surface area contributed by atoms with Gasteiger partial charge in [-0.05, 0) is 32.5 Å². The van der Waals surface area contributed by atoms with Gasteiger partial charge in [-0.25, -0.2) is 0 Å². The first-order valence-corrected chi connectivity index (χ1v) is 12.9. The highest BCUT2D eigenvalue weighted by molar-refractivity contribution is 6.69. The molecular formula is C18H29NO6Si. The topological polar surface area (TPSA) is 83.1 Å². The summed E-state index contributed by atoms with van der Waals surface area (Å²) in [5.41, 5.74) is -0.380. The second kappa shape index (κ2) is 6.02. The average molecular weight is 384 g/mol. The number of hydrogen-bond acceptors (Lipinski definition) is 6. The van der Waals surface area contributed by atoms with Crippen molar-refractivity contribution >= 4 is 20.7 Å². The number of carbonyl (C=O) groups excluding carboxylic acids is 2. The lowest BCUT2D eigenvalue weighted by Crippen LogP contribution is -2.76. The molecule has 0 bridgehead atoms. The Labute approximate surface area is 155 Å². The van der Waals surface area contributed by atoms with Crippen molar-refractivity contribution in [1.29, 1.82) is 0 Å². The Morgan fingerprint density at radius 2 is 2.12 bits per heavy atom. The monoisotopic (exact) mass is 383 g/mol. The van der Waals surface area contributed by atoms with Crippen LogP contribution in [0.1, 0.15) is 26.2 Å². The molecule has 2 heterocycles. The van der Waals surface area contributed by atoms with E-state index in [2.05, 4.69) is 25.0 Å². The summed E-state index contributed by atoms with van der Waals surface area (Å²) in [6.07, 6.45) is 2.66. The summed E-state index contributed by atoms with van der Waals surface area (Å²) in [5, 5.41) is 2.93. The van der Waals surface area contributed by atoms with Crippen molar-refractivity contribution < 1.29 is 28.2 Å². The smallest absolute Gasteiger partial charge is 0.302 e. The zero-order chi connectivity index (χ0) is 18.7. The summed E-state index contributed by atoms with van der Waals surface area (Å²) < 4.78 is 24.4. The molecule has 0 aromatic heterocycles. The van der Waals surface area contributed by atoms with Gasteiger partial charge in [0.1, 0.15) is 12.3 Å². The number of carbonyl (C=O) groups is 2. The Bertz CT molecular complexity index is 609.